The van der Waals surface area contributed by atoms with Crippen molar-refractivity contribution in [2.45, 2.75) is 25.7 Å². The van der Waals surface area contributed by atoms with Gasteiger partial charge in [0.2, 0.25) is 7.29 Å². The van der Waals surface area contributed by atoms with E-state index in [0.29, 0.717) is 0 Å². The van der Waals surface area contributed by atoms with Crippen LogP contribution in [0, 0.1) is 6.92 Å². The van der Waals surface area contributed by atoms with Crippen molar-refractivity contribution in [2.24, 2.45) is 0 Å². The van der Waals surface area contributed by atoms with E-state index < -0.39 is 15.4 Å². The summed E-state index contributed by atoms with van der Waals surface area (Å²) < 4.78 is 26.4. The molecule has 6 heteroatoms. The standard InChI is InChI=1S/C27H30NO3PSi/c1-21-15-20-26(31-21)33(3,4)27(22-16-18-23(30-2)19-17-22)28-32(29,24-11-7-5-8-12-24)25-13-9-6-10-14-25/h5-20,27H,1-4H3,(H,28,29). The maximum atomic E-state index is 14.9. The van der Waals surface area contributed by atoms with E-state index in [1.165, 1.54) is 0 Å². The van der Waals surface area contributed by atoms with Gasteiger partial charge in [0, 0.05) is 16.3 Å². The maximum absolute atomic E-state index is 14.9. The molecule has 1 heterocycles. The third-order valence-corrected chi connectivity index (χ3v) is 12.5. The third kappa shape index (κ3) is 4.76. The lowest BCUT2D eigenvalue weighted by Gasteiger charge is -2.35. The molecule has 0 spiro atoms. The fourth-order valence-electron chi connectivity index (χ4n) is 4.13. The molecule has 0 aliphatic rings. The molecular weight excluding hydrogens is 445 g/mol. The minimum absolute atomic E-state index is 0.166. The average molecular weight is 476 g/mol. The largest absolute Gasteiger partial charge is 0.497 e. The van der Waals surface area contributed by atoms with Gasteiger partial charge in [0.25, 0.3) is 0 Å². The highest BCUT2D eigenvalue weighted by Crippen LogP contribution is 2.44. The highest BCUT2D eigenvalue weighted by molar-refractivity contribution is 7.77. The molecule has 170 valence electrons. The van der Waals surface area contributed by atoms with Gasteiger partial charge < -0.3 is 9.15 Å². The van der Waals surface area contributed by atoms with Crippen molar-refractivity contribution < 1.29 is 13.7 Å². The molecule has 0 aliphatic heterocycles. The average Bonchev–Trinajstić information content (AvgIpc) is 3.31. The predicted octanol–water partition coefficient (Wildman–Crippen LogP) is 5.31. The predicted molar refractivity (Wildman–Crippen MR) is 139 cm³/mol. The summed E-state index contributed by atoms with van der Waals surface area (Å²) in [6.07, 6.45) is 0. The lowest BCUT2D eigenvalue weighted by molar-refractivity contribution is 0.414. The van der Waals surface area contributed by atoms with Crippen molar-refractivity contribution in [1.82, 2.24) is 5.09 Å². The Morgan fingerprint density at radius 1 is 0.818 bits per heavy atom. The van der Waals surface area contributed by atoms with Crippen LogP contribution in [-0.2, 0) is 4.57 Å². The van der Waals surface area contributed by atoms with Crippen molar-refractivity contribution in [3.8, 4) is 5.75 Å². The summed E-state index contributed by atoms with van der Waals surface area (Å²) in [6, 6.07) is 31.5. The number of furan rings is 1. The van der Waals surface area contributed by atoms with Gasteiger partial charge in [-0.2, -0.15) is 0 Å². The van der Waals surface area contributed by atoms with Gasteiger partial charge in [-0.25, -0.2) is 0 Å². The minimum Gasteiger partial charge on any atom is -0.497 e. The molecule has 0 bridgehead atoms. The van der Waals surface area contributed by atoms with Crippen LogP contribution in [-0.4, -0.2) is 15.2 Å². The molecule has 0 saturated heterocycles. The molecule has 3 aromatic carbocycles. The molecule has 1 atom stereocenters. The topological polar surface area (TPSA) is 51.5 Å². The quantitative estimate of drug-likeness (QED) is 0.277. The molecule has 1 N–H and O–H groups in total. The third-order valence-electron chi connectivity index (χ3n) is 6.10. The van der Waals surface area contributed by atoms with Gasteiger partial charge in [-0.15, -0.1) is 0 Å². The molecule has 33 heavy (non-hydrogen) atoms. The Balaban J connectivity index is 1.87. The first-order valence-electron chi connectivity index (χ1n) is 11.0. The molecule has 1 aromatic heterocycles. The fraction of sp³-hybridized carbons (Fsp3) is 0.185. The second-order valence-corrected chi connectivity index (χ2v) is 15.8. The van der Waals surface area contributed by atoms with Gasteiger partial charge in [-0.3, -0.25) is 9.65 Å². The van der Waals surface area contributed by atoms with Gasteiger partial charge >= 0.3 is 0 Å². The smallest absolute Gasteiger partial charge is 0.204 e. The van der Waals surface area contributed by atoms with Crippen molar-refractivity contribution in [1.29, 1.82) is 0 Å². The van der Waals surface area contributed by atoms with Gasteiger partial charge in [0.15, 0.2) is 0 Å². The number of aryl methyl sites for hydroxylation is 1. The summed E-state index contributed by atoms with van der Waals surface area (Å²) in [7, 11) is -3.82. The zero-order valence-corrected chi connectivity index (χ0v) is 21.4. The van der Waals surface area contributed by atoms with Crippen molar-refractivity contribution in [3.05, 3.63) is 108 Å². The molecule has 0 fully saturated rings. The number of benzene rings is 3. The molecule has 0 saturated carbocycles. The molecular formula is C27H30NO3PSi. The summed E-state index contributed by atoms with van der Waals surface area (Å²) in [4.78, 5) is 0. The van der Waals surface area contributed by atoms with Crippen molar-refractivity contribution in [3.63, 3.8) is 0 Å². The lowest BCUT2D eigenvalue weighted by atomic mass is 10.2. The van der Waals surface area contributed by atoms with E-state index in [1.807, 2.05) is 85.8 Å². The van der Waals surface area contributed by atoms with Crippen LogP contribution in [0.1, 0.15) is 17.0 Å². The van der Waals surface area contributed by atoms with Crippen LogP contribution >= 0.6 is 7.29 Å². The van der Waals surface area contributed by atoms with E-state index in [9.17, 15) is 4.57 Å². The number of hydrogen-bond acceptors (Lipinski definition) is 3. The summed E-state index contributed by atoms with van der Waals surface area (Å²) in [5.41, 5.74) is 0.897. The molecule has 0 radical (unpaired) electrons. The molecule has 0 aliphatic carbocycles. The Kier molecular flexibility index (Phi) is 6.75. The van der Waals surface area contributed by atoms with Gasteiger partial charge in [0.1, 0.15) is 13.8 Å². The maximum Gasteiger partial charge on any atom is 0.204 e. The van der Waals surface area contributed by atoms with Gasteiger partial charge in [-0.05, 0) is 61.0 Å². The van der Waals surface area contributed by atoms with Crippen molar-refractivity contribution >= 4 is 31.4 Å². The highest BCUT2D eigenvalue weighted by Gasteiger charge is 2.42. The van der Waals surface area contributed by atoms with E-state index in [2.05, 4.69) is 36.4 Å². The van der Waals surface area contributed by atoms with Crippen LogP contribution in [0.4, 0.5) is 0 Å². The van der Waals surface area contributed by atoms with Gasteiger partial charge in [-0.1, -0.05) is 61.6 Å². The Morgan fingerprint density at radius 2 is 1.36 bits per heavy atom. The van der Waals surface area contributed by atoms with Crippen LogP contribution in [0.3, 0.4) is 0 Å². The van der Waals surface area contributed by atoms with Crippen LogP contribution in [0.15, 0.2) is 101 Å². The summed E-state index contributed by atoms with van der Waals surface area (Å²) >= 11 is 0. The first kappa shape index (κ1) is 23.3. The monoisotopic (exact) mass is 475 g/mol. The van der Waals surface area contributed by atoms with Crippen LogP contribution in [0.25, 0.3) is 0 Å². The molecule has 0 amide bonds. The SMILES string of the molecule is COc1ccc(C(NP(=O)(c2ccccc2)c2ccccc2)[Si](C)(C)c2ccc(C)o2)cc1. The number of methoxy groups -OCH3 is 1. The first-order chi connectivity index (χ1) is 15.8. The molecule has 4 rings (SSSR count). The summed E-state index contributed by atoms with van der Waals surface area (Å²) in [5, 5.41) is 6.23. The van der Waals surface area contributed by atoms with E-state index >= 15 is 0 Å². The highest BCUT2D eigenvalue weighted by atomic mass is 31.2. The molecule has 4 nitrogen and oxygen atoms in total. The molecule has 1 unspecified atom stereocenters. The van der Waals surface area contributed by atoms with E-state index in [1.54, 1.807) is 7.11 Å². The lowest BCUT2D eigenvalue weighted by Crippen LogP contribution is -2.53. The Labute approximate surface area is 197 Å². The number of rotatable bonds is 8. The van der Waals surface area contributed by atoms with E-state index in [4.69, 9.17) is 9.15 Å². The number of hydrogen-bond donors (Lipinski definition) is 1. The number of nitrogens with one attached hydrogen (secondary N) is 1. The Bertz CT molecular complexity index is 1190. The summed E-state index contributed by atoms with van der Waals surface area (Å²) in [5.74, 6) is 1.67. The zero-order valence-electron chi connectivity index (χ0n) is 19.5. The number of ether oxygens (including phenoxy) is 1. The van der Waals surface area contributed by atoms with E-state index in [-0.39, 0.29) is 5.67 Å². The fourth-order valence-corrected chi connectivity index (χ4v) is 10.5. The van der Waals surface area contributed by atoms with Crippen LogP contribution < -0.4 is 25.8 Å². The second-order valence-electron chi connectivity index (χ2n) is 8.75. The van der Waals surface area contributed by atoms with E-state index in [0.717, 1.165) is 33.1 Å². The second kappa shape index (κ2) is 9.56. The van der Waals surface area contributed by atoms with Crippen LogP contribution in [0.5, 0.6) is 5.75 Å². The van der Waals surface area contributed by atoms with Crippen LogP contribution in [0.2, 0.25) is 13.1 Å². The minimum atomic E-state index is -3.16. The normalized spacial score (nSPS) is 13.0. The Hall–Kier alpha value is -2.85. The van der Waals surface area contributed by atoms with Gasteiger partial charge in [0.05, 0.1) is 18.3 Å². The summed E-state index contributed by atoms with van der Waals surface area (Å²) in [6.45, 7) is 6.48. The molecule has 4 aromatic rings. The zero-order chi connectivity index (χ0) is 23.5. The first-order valence-corrected chi connectivity index (χ1v) is 15.8. The Morgan fingerprint density at radius 3 is 1.82 bits per heavy atom. The van der Waals surface area contributed by atoms with Crippen molar-refractivity contribution in [2.75, 3.05) is 7.11 Å².